The first-order valence-corrected chi connectivity index (χ1v) is 9.42. The van der Waals surface area contributed by atoms with Gasteiger partial charge < -0.3 is 20.3 Å². The molecule has 5 heteroatoms. The predicted molar refractivity (Wildman–Crippen MR) is 116 cm³/mol. The molecule has 3 aromatic carbocycles. The molecule has 1 aliphatic rings. The number of nitrogens with one attached hydrogen (secondary N) is 1. The number of halogens is 1. The van der Waals surface area contributed by atoms with Gasteiger partial charge >= 0.3 is 0 Å². The van der Waals surface area contributed by atoms with Gasteiger partial charge in [0.05, 0.1) is 25.4 Å². The van der Waals surface area contributed by atoms with E-state index in [-0.39, 0.29) is 32.2 Å². The Labute approximate surface area is 171 Å². The van der Waals surface area contributed by atoms with Crippen LogP contribution in [-0.4, -0.2) is 42.2 Å². The molecule has 0 aliphatic heterocycles. The van der Waals surface area contributed by atoms with E-state index in [0.717, 1.165) is 5.56 Å². The zero-order chi connectivity index (χ0) is 18.9. The molecular weight excluding hydrogens is 374 g/mol. The highest BCUT2D eigenvalue weighted by Crippen LogP contribution is 2.47. The van der Waals surface area contributed by atoms with Crippen LogP contribution < -0.4 is 5.32 Å². The minimum Gasteiger partial charge on any atom is -0.394 e. The summed E-state index contributed by atoms with van der Waals surface area (Å²) in [6.45, 7) is 2.89. The number of hydrogen-bond acceptors (Lipinski definition) is 4. The van der Waals surface area contributed by atoms with Gasteiger partial charge in [0, 0.05) is 13.2 Å². The maximum absolute atomic E-state index is 9.81. The maximum Gasteiger partial charge on any atom is 0.0886 e. The molecule has 3 N–H and O–H groups in total. The molecule has 0 atom stereocenters. The number of hydrogen-bond donors (Lipinski definition) is 3. The lowest BCUT2D eigenvalue weighted by Crippen LogP contribution is -2.55. The van der Waals surface area contributed by atoms with Crippen molar-refractivity contribution in [2.45, 2.75) is 19.0 Å². The van der Waals surface area contributed by atoms with E-state index in [0.29, 0.717) is 13.2 Å². The zero-order valence-corrected chi connectivity index (χ0v) is 16.8. The Balaban J connectivity index is 0.00000225. The number of aliphatic hydroxyl groups is 2. The average Bonchev–Trinajstić information content (AvgIpc) is 3.06. The fourth-order valence-electron chi connectivity index (χ4n) is 3.91. The lowest BCUT2D eigenvalue weighted by molar-refractivity contribution is 0.00757. The van der Waals surface area contributed by atoms with E-state index in [9.17, 15) is 10.2 Å². The fourth-order valence-corrected chi connectivity index (χ4v) is 3.91. The molecule has 0 heterocycles. The van der Waals surface area contributed by atoms with Gasteiger partial charge in [-0.2, -0.15) is 0 Å². The van der Waals surface area contributed by atoms with Crippen LogP contribution in [0.5, 0.6) is 0 Å². The molecule has 0 unspecified atom stereocenters. The van der Waals surface area contributed by atoms with Crippen molar-refractivity contribution < 1.29 is 14.9 Å². The van der Waals surface area contributed by atoms with Crippen molar-refractivity contribution in [3.8, 4) is 22.3 Å². The van der Waals surface area contributed by atoms with Gasteiger partial charge in [0.15, 0.2) is 0 Å². The van der Waals surface area contributed by atoms with E-state index >= 15 is 0 Å². The van der Waals surface area contributed by atoms with Crippen molar-refractivity contribution >= 4 is 23.2 Å². The highest BCUT2D eigenvalue weighted by Gasteiger charge is 2.29. The summed E-state index contributed by atoms with van der Waals surface area (Å²) in [6.07, 6.45) is 0. The van der Waals surface area contributed by atoms with Gasteiger partial charge in [-0.25, -0.2) is 0 Å². The third kappa shape index (κ3) is 3.43. The van der Waals surface area contributed by atoms with E-state index in [4.69, 9.17) is 4.74 Å². The van der Waals surface area contributed by atoms with E-state index in [1.807, 2.05) is 6.92 Å². The number of fused-ring (bicyclic) bond motifs is 3. The molecule has 0 amide bonds. The number of rotatable bonds is 8. The van der Waals surface area contributed by atoms with Gasteiger partial charge in [-0.1, -0.05) is 54.6 Å². The first-order chi connectivity index (χ1) is 13.2. The first kappa shape index (κ1) is 20.8. The van der Waals surface area contributed by atoms with Crippen LogP contribution in [-0.2, 0) is 11.3 Å². The molecular formula is C23H26ClNO3. The van der Waals surface area contributed by atoms with Crippen LogP contribution in [0.2, 0.25) is 0 Å². The van der Waals surface area contributed by atoms with Crippen LogP contribution in [0.15, 0.2) is 54.6 Å². The second-order valence-corrected chi connectivity index (χ2v) is 7.13. The Morgan fingerprint density at radius 3 is 2.14 bits per heavy atom. The summed E-state index contributed by atoms with van der Waals surface area (Å²) in [4.78, 5) is 0. The summed E-state index contributed by atoms with van der Waals surface area (Å²) in [6, 6.07) is 19.2. The van der Waals surface area contributed by atoms with Gasteiger partial charge in [0.1, 0.15) is 0 Å². The van der Waals surface area contributed by atoms with Gasteiger partial charge in [-0.05, 0) is 45.5 Å². The fraction of sp³-hybridized carbons (Fsp3) is 0.304. The molecule has 0 radical (unpaired) electrons. The Hall–Kier alpha value is -1.95. The topological polar surface area (TPSA) is 61.7 Å². The lowest BCUT2D eigenvalue weighted by atomic mass is 9.97. The summed E-state index contributed by atoms with van der Waals surface area (Å²) in [7, 11) is 0. The number of aliphatic hydroxyl groups excluding tert-OH is 2. The Kier molecular flexibility index (Phi) is 6.38. The largest absolute Gasteiger partial charge is 0.394 e. The van der Waals surface area contributed by atoms with Crippen molar-refractivity contribution in [2.75, 3.05) is 26.4 Å². The maximum atomic E-state index is 9.81. The summed E-state index contributed by atoms with van der Waals surface area (Å²) < 4.78 is 5.46. The van der Waals surface area contributed by atoms with Gasteiger partial charge in [-0.3, -0.25) is 0 Å². The average molecular weight is 400 g/mol. The van der Waals surface area contributed by atoms with E-state index in [1.165, 1.54) is 33.0 Å². The van der Waals surface area contributed by atoms with Gasteiger partial charge in [0.25, 0.3) is 0 Å². The molecule has 0 bridgehead atoms. The normalized spacial score (nSPS) is 12.1. The number of benzene rings is 3. The first-order valence-electron chi connectivity index (χ1n) is 9.42. The molecule has 0 aromatic heterocycles. The summed E-state index contributed by atoms with van der Waals surface area (Å²) >= 11 is 0. The Morgan fingerprint density at radius 2 is 1.50 bits per heavy atom. The predicted octanol–water partition coefficient (Wildman–Crippen LogP) is 3.76. The highest BCUT2D eigenvalue weighted by atomic mass is 35.5. The van der Waals surface area contributed by atoms with Crippen LogP contribution in [0.4, 0.5) is 0 Å². The molecule has 0 spiro atoms. The molecule has 148 valence electrons. The monoisotopic (exact) mass is 399 g/mol. The number of ether oxygens (including phenoxy) is 1. The standard InChI is InChI=1S/C23H25NO3.ClH/c1-2-27-15-23(13-25,14-26)24-12-16-10-11-21-19-7-4-3-6-18(19)20-9-5-8-17(16)22(20)21;/h3-11,24-26H,2,12-15H2,1H3;1H. The lowest BCUT2D eigenvalue weighted by Gasteiger charge is -2.31. The Bertz CT molecular complexity index is 940. The zero-order valence-electron chi connectivity index (χ0n) is 15.9. The minimum atomic E-state index is -0.845. The van der Waals surface area contributed by atoms with Crippen LogP contribution in [0.3, 0.4) is 0 Å². The molecule has 1 aliphatic carbocycles. The van der Waals surface area contributed by atoms with Crippen molar-refractivity contribution in [2.24, 2.45) is 0 Å². The van der Waals surface area contributed by atoms with Crippen LogP contribution >= 0.6 is 12.4 Å². The quantitative estimate of drug-likeness (QED) is 0.422. The van der Waals surface area contributed by atoms with E-state index in [2.05, 4.69) is 59.9 Å². The van der Waals surface area contributed by atoms with Crippen molar-refractivity contribution in [3.63, 3.8) is 0 Å². The highest BCUT2D eigenvalue weighted by molar-refractivity contribution is 6.15. The summed E-state index contributed by atoms with van der Waals surface area (Å²) in [5, 5.41) is 25.4. The molecule has 0 saturated heterocycles. The summed E-state index contributed by atoms with van der Waals surface area (Å²) in [5.74, 6) is 0. The third-order valence-corrected chi connectivity index (χ3v) is 5.48. The smallest absolute Gasteiger partial charge is 0.0886 e. The van der Waals surface area contributed by atoms with Gasteiger partial charge in [-0.15, -0.1) is 12.4 Å². The van der Waals surface area contributed by atoms with Crippen molar-refractivity contribution in [3.05, 3.63) is 60.2 Å². The molecule has 4 rings (SSSR count). The molecule has 3 aromatic rings. The summed E-state index contributed by atoms with van der Waals surface area (Å²) in [5.41, 5.74) is 5.39. The second kappa shape index (κ2) is 8.60. The molecule has 4 nitrogen and oxygen atoms in total. The molecule has 0 fully saturated rings. The minimum absolute atomic E-state index is 0. The van der Waals surface area contributed by atoms with E-state index < -0.39 is 5.54 Å². The van der Waals surface area contributed by atoms with Crippen LogP contribution in [0.1, 0.15) is 12.5 Å². The molecule has 28 heavy (non-hydrogen) atoms. The SMILES string of the molecule is CCOCC(CO)(CO)NCc1ccc2c3c(cccc13)-c1ccccc1-2.Cl. The van der Waals surface area contributed by atoms with Crippen LogP contribution in [0, 0.1) is 0 Å². The van der Waals surface area contributed by atoms with Gasteiger partial charge in [0.2, 0.25) is 0 Å². The van der Waals surface area contributed by atoms with Crippen molar-refractivity contribution in [1.82, 2.24) is 5.32 Å². The Morgan fingerprint density at radius 1 is 0.857 bits per heavy atom. The second-order valence-electron chi connectivity index (χ2n) is 7.13. The third-order valence-electron chi connectivity index (χ3n) is 5.48. The van der Waals surface area contributed by atoms with E-state index in [1.54, 1.807) is 0 Å². The van der Waals surface area contributed by atoms with Crippen molar-refractivity contribution in [1.29, 1.82) is 0 Å². The van der Waals surface area contributed by atoms with Crippen LogP contribution in [0.25, 0.3) is 33.0 Å². The molecule has 0 saturated carbocycles.